The third-order valence-electron chi connectivity index (χ3n) is 7.09. The number of nitrogens with zero attached hydrogens (tertiary/aromatic N) is 1. The first-order valence-electron chi connectivity index (χ1n) is 14.1. The number of urea groups is 1. The quantitative estimate of drug-likeness (QED) is 0.0468. The standard InChI is InChI=1S/C26H43N5O9S.3K/c32-20(28-13-7-5-8-18(25(38)39)31(14-22(34)35)15-23(36)37)10-2-1-6-12-27-21(33)11-4-3-9-19-24-17(16-41-19)29-26(40)30-24;;;/h17-19,24H,1-16H2,(H,27,33)(H,28,32)(H,34,35)(H,36,37)(H,38,39)(H2,29,30,40);;;/q;3*+1/p-3. The molecule has 0 radical (unpaired) electrons. The van der Waals surface area contributed by atoms with E-state index in [0.717, 1.165) is 37.9 Å². The summed E-state index contributed by atoms with van der Waals surface area (Å²) in [6.07, 6.45) is 6.33. The number of thioether (sulfide) groups is 1. The van der Waals surface area contributed by atoms with E-state index in [2.05, 4.69) is 21.3 Å². The average Bonchev–Trinajstić information content (AvgIpc) is 3.44. The van der Waals surface area contributed by atoms with Crippen molar-refractivity contribution in [2.24, 2.45) is 0 Å². The summed E-state index contributed by atoms with van der Waals surface area (Å²) in [5, 5.41) is 44.9. The number of amides is 4. The Kier molecular flexibility index (Phi) is 30.1. The molecule has 0 bridgehead atoms. The molecule has 14 nitrogen and oxygen atoms in total. The van der Waals surface area contributed by atoms with Gasteiger partial charge in [0, 0.05) is 50.0 Å². The average molecular weight is 716 g/mol. The van der Waals surface area contributed by atoms with Gasteiger partial charge in [-0.15, -0.1) is 0 Å². The fourth-order valence-corrected chi connectivity index (χ4v) is 6.56. The number of unbranched alkanes of at least 4 members (excludes halogenated alkanes) is 4. The predicted octanol–water partition coefficient (Wildman–Crippen LogP) is -12.4. The molecule has 44 heavy (non-hydrogen) atoms. The van der Waals surface area contributed by atoms with Crippen molar-refractivity contribution in [3.05, 3.63) is 0 Å². The summed E-state index contributed by atoms with van der Waals surface area (Å²) in [6, 6.07) is -1.13. The Morgan fingerprint density at radius 3 is 1.89 bits per heavy atom. The summed E-state index contributed by atoms with van der Waals surface area (Å²) in [6.45, 7) is -0.919. The van der Waals surface area contributed by atoms with Crippen molar-refractivity contribution in [2.75, 3.05) is 31.9 Å². The Hall–Kier alpha value is 1.84. The maximum Gasteiger partial charge on any atom is 1.00 e. The topological polar surface area (TPSA) is 223 Å². The zero-order chi connectivity index (χ0) is 30.2. The molecule has 0 spiro atoms. The number of carbonyl (C=O) groups excluding carboxylic acids is 6. The minimum absolute atomic E-state index is 0. The number of fused-ring (bicyclic) bond motifs is 1. The smallest absolute Gasteiger partial charge is 0.549 e. The molecule has 2 saturated heterocycles. The molecule has 2 aliphatic rings. The predicted molar refractivity (Wildman–Crippen MR) is 143 cm³/mol. The van der Waals surface area contributed by atoms with Gasteiger partial charge < -0.3 is 51.0 Å². The minimum Gasteiger partial charge on any atom is -0.549 e. The van der Waals surface area contributed by atoms with Gasteiger partial charge in [-0.2, -0.15) is 11.8 Å². The van der Waals surface area contributed by atoms with Crippen LogP contribution in [0, 0.1) is 0 Å². The van der Waals surface area contributed by atoms with Crippen LogP contribution in [0.5, 0.6) is 0 Å². The van der Waals surface area contributed by atoms with Crippen molar-refractivity contribution in [3.63, 3.8) is 0 Å². The first kappa shape index (κ1) is 48.0. The van der Waals surface area contributed by atoms with Crippen LogP contribution < -0.4 is 191 Å². The maximum absolute atomic E-state index is 12.0. The Morgan fingerprint density at radius 1 is 0.795 bits per heavy atom. The van der Waals surface area contributed by atoms with E-state index in [4.69, 9.17) is 0 Å². The fraction of sp³-hybridized carbons (Fsp3) is 0.769. The van der Waals surface area contributed by atoms with E-state index in [-0.39, 0.29) is 191 Å². The zero-order valence-electron chi connectivity index (χ0n) is 26.2. The van der Waals surface area contributed by atoms with Crippen molar-refractivity contribution >= 4 is 47.5 Å². The van der Waals surface area contributed by atoms with Gasteiger partial charge in [-0.05, 0) is 44.9 Å². The summed E-state index contributed by atoms with van der Waals surface area (Å²) in [5.74, 6) is -4.04. The van der Waals surface area contributed by atoms with Crippen molar-refractivity contribution in [2.45, 2.75) is 94.0 Å². The molecule has 2 aliphatic heterocycles. The van der Waals surface area contributed by atoms with Crippen molar-refractivity contribution in [3.8, 4) is 0 Å². The van der Waals surface area contributed by atoms with Gasteiger partial charge in [-0.25, -0.2) is 4.79 Å². The summed E-state index contributed by atoms with van der Waals surface area (Å²) in [5.41, 5.74) is 0. The molecular formula is C26H40K3N5O9S. The van der Waals surface area contributed by atoms with E-state index in [9.17, 15) is 44.1 Å². The summed E-state index contributed by atoms with van der Waals surface area (Å²) >= 11 is 1.87. The monoisotopic (exact) mass is 715 g/mol. The number of hydrogen-bond acceptors (Lipinski definition) is 11. The maximum atomic E-state index is 12.0. The molecule has 2 fully saturated rings. The van der Waals surface area contributed by atoms with Crippen LogP contribution in [0.2, 0.25) is 0 Å². The second-order valence-corrected chi connectivity index (χ2v) is 11.6. The van der Waals surface area contributed by atoms with Crippen LogP contribution in [0.3, 0.4) is 0 Å². The van der Waals surface area contributed by atoms with Crippen LogP contribution in [0.1, 0.15) is 70.6 Å². The fourth-order valence-electron chi connectivity index (χ4n) is 5.01. The summed E-state index contributed by atoms with van der Waals surface area (Å²) in [4.78, 5) is 69.2. The molecule has 4 atom stereocenters. The van der Waals surface area contributed by atoms with E-state index < -0.39 is 37.0 Å². The molecule has 0 aromatic heterocycles. The Bertz CT molecular complexity index is 922. The second kappa shape index (κ2) is 27.6. The largest absolute Gasteiger partial charge is 1.00 e. The molecule has 4 amide bonds. The van der Waals surface area contributed by atoms with Gasteiger partial charge in [0.05, 0.1) is 36.0 Å². The third-order valence-corrected chi connectivity index (χ3v) is 8.60. The van der Waals surface area contributed by atoms with Crippen LogP contribution in [-0.4, -0.2) is 96.0 Å². The first-order valence-corrected chi connectivity index (χ1v) is 15.2. The normalized spacial score (nSPS) is 18.8. The van der Waals surface area contributed by atoms with Gasteiger partial charge in [0.15, 0.2) is 0 Å². The molecule has 0 aromatic rings. The Balaban J connectivity index is 0. The Morgan fingerprint density at radius 2 is 1.34 bits per heavy atom. The molecule has 232 valence electrons. The van der Waals surface area contributed by atoms with Gasteiger partial charge in [0.2, 0.25) is 11.8 Å². The van der Waals surface area contributed by atoms with E-state index >= 15 is 0 Å². The number of carboxylic acid groups (broad SMARTS) is 3. The number of rotatable bonds is 22. The molecule has 0 aromatic carbocycles. The summed E-state index contributed by atoms with van der Waals surface area (Å²) in [7, 11) is 0. The van der Waals surface area contributed by atoms with Crippen molar-refractivity contribution in [1.29, 1.82) is 0 Å². The van der Waals surface area contributed by atoms with Crippen molar-refractivity contribution < 1.29 is 198 Å². The molecular weight excluding hydrogens is 676 g/mol. The second-order valence-electron chi connectivity index (χ2n) is 10.4. The van der Waals surface area contributed by atoms with Gasteiger partial charge >= 0.3 is 160 Å². The number of nitrogens with one attached hydrogen (secondary N) is 4. The van der Waals surface area contributed by atoms with Crippen LogP contribution in [-0.2, 0) is 24.0 Å². The molecule has 0 aliphatic carbocycles. The van der Waals surface area contributed by atoms with E-state index in [1.165, 1.54) is 0 Å². The zero-order valence-corrected chi connectivity index (χ0v) is 36.3. The van der Waals surface area contributed by atoms with Crippen LogP contribution in [0.15, 0.2) is 0 Å². The van der Waals surface area contributed by atoms with Crippen LogP contribution in [0.25, 0.3) is 0 Å². The number of aliphatic carboxylic acids is 3. The van der Waals surface area contributed by atoms with Crippen LogP contribution >= 0.6 is 11.8 Å². The summed E-state index contributed by atoms with van der Waals surface area (Å²) < 4.78 is 0. The first-order chi connectivity index (χ1) is 19.6. The molecule has 0 saturated carbocycles. The molecule has 4 unspecified atom stereocenters. The van der Waals surface area contributed by atoms with Gasteiger partial charge in [0.25, 0.3) is 0 Å². The number of carboxylic acids is 3. The molecule has 2 heterocycles. The molecule has 2 rings (SSSR count). The number of carbonyl (C=O) groups is 6. The van der Waals surface area contributed by atoms with E-state index in [0.29, 0.717) is 55.3 Å². The molecule has 18 heteroatoms. The van der Waals surface area contributed by atoms with Crippen molar-refractivity contribution in [1.82, 2.24) is 26.2 Å². The van der Waals surface area contributed by atoms with Gasteiger partial charge in [-0.3, -0.25) is 14.5 Å². The SMILES string of the molecule is O=C([O-])CN(CC(=O)[O-])C(CCCCNC(=O)CCCCCNC(=O)CCCCC1SCC2NC(=O)NC21)C(=O)[O-].[K+].[K+].[K+]. The van der Waals surface area contributed by atoms with E-state index in [1.54, 1.807) is 0 Å². The third kappa shape index (κ3) is 20.4. The van der Waals surface area contributed by atoms with Gasteiger partial charge in [0.1, 0.15) is 0 Å². The molecule has 4 N–H and O–H groups in total. The van der Waals surface area contributed by atoms with Gasteiger partial charge in [-0.1, -0.05) is 12.8 Å². The van der Waals surface area contributed by atoms with Crippen LogP contribution in [0.4, 0.5) is 4.79 Å². The minimum atomic E-state index is -1.62. The van der Waals surface area contributed by atoms with E-state index in [1.807, 2.05) is 11.8 Å². The Labute approximate surface area is 390 Å². The number of hydrogen-bond donors (Lipinski definition) is 4.